The molecule has 2 N–H and O–H groups in total. The first kappa shape index (κ1) is 7.56. The minimum Gasteiger partial charge on any atom is -0.393 e. The standard InChI is InChI=1S/C9H17NO/c11-9(5-7-1-2-7)8-3-4-10-6-8/h7-11H,1-6H2/t8-,9?/m0/s1. The van der Waals surface area contributed by atoms with Gasteiger partial charge >= 0.3 is 0 Å². The van der Waals surface area contributed by atoms with Gasteiger partial charge < -0.3 is 10.4 Å². The smallest absolute Gasteiger partial charge is 0.0583 e. The third kappa shape index (κ3) is 1.94. The summed E-state index contributed by atoms with van der Waals surface area (Å²) in [5, 5.41) is 13.0. The van der Waals surface area contributed by atoms with Crippen LogP contribution in [0.3, 0.4) is 0 Å². The average Bonchev–Trinajstić information content (AvgIpc) is 2.67. The van der Waals surface area contributed by atoms with Crippen LogP contribution < -0.4 is 5.32 Å². The van der Waals surface area contributed by atoms with Gasteiger partial charge in [0.1, 0.15) is 0 Å². The molecule has 2 nitrogen and oxygen atoms in total. The van der Waals surface area contributed by atoms with Gasteiger partial charge in [-0.05, 0) is 31.2 Å². The molecule has 2 fully saturated rings. The van der Waals surface area contributed by atoms with Crippen LogP contribution in [-0.4, -0.2) is 24.3 Å². The van der Waals surface area contributed by atoms with Crippen molar-refractivity contribution in [1.82, 2.24) is 5.32 Å². The van der Waals surface area contributed by atoms with Gasteiger partial charge in [-0.3, -0.25) is 0 Å². The monoisotopic (exact) mass is 155 g/mol. The van der Waals surface area contributed by atoms with E-state index in [-0.39, 0.29) is 6.10 Å². The SMILES string of the molecule is OC(CC1CC1)[C@H]1CCNC1. The highest BCUT2D eigenvalue weighted by atomic mass is 16.3. The minimum absolute atomic E-state index is 0.0162. The number of aliphatic hydroxyl groups excluding tert-OH is 1. The van der Waals surface area contributed by atoms with Gasteiger partial charge in [-0.15, -0.1) is 0 Å². The Morgan fingerprint density at radius 3 is 2.73 bits per heavy atom. The Morgan fingerprint density at radius 1 is 1.36 bits per heavy atom. The number of hydrogen-bond donors (Lipinski definition) is 2. The van der Waals surface area contributed by atoms with Crippen LogP contribution in [0.2, 0.25) is 0 Å². The van der Waals surface area contributed by atoms with Crippen LogP contribution in [0, 0.1) is 11.8 Å². The van der Waals surface area contributed by atoms with E-state index in [0.717, 1.165) is 25.4 Å². The molecule has 1 heterocycles. The van der Waals surface area contributed by atoms with E-state index in [1.807, 2.05) is 0 Å². The van der Waals surface area contributed by atoms with Gasteiger partial charge in [-0.2, -0.15) is 0 Å². The average molecular weight is 155 g/mol. The molecule has 0 aromatic carbocycles. The van der Waals surface area contributed by atoms with Crippen molar-refractivity contribution in [3.63, 3.8) is 0 Å². The molecule has 0 spiro atoms. The van der Waals surface area contributed by atoms with Gasteiger partial charge in [-0.25, -0.2) is 0 Å². The summed E-state index contributed by atoms with van der Waals surface area (Å²) in [6, 6.07) is 0. The molecule has 0 aromatic rings. The first-order chi connectivity index (χ1) is 5.36. The zero-order valence-electron chi connectivity index (χ0n) is 6.92. The van der Waals surface area contributed by atoms with E-state index in [4.69, 9.17) is 0 Å². The zero-order chi connectivity index (χ0) is 7.68. The normalized spacial score (nSPS) is 34.1. The first-order valence-electron chi connectivity index (χ1n) is 4.75. The molecule has 0 bridgehead atoms. The Balaban J connectivity index is 1.73. The fourth-order valence-corrected chi connectivity index (χ4v) is 1.89. The third-order valence-electron chi connectivity index (χ3n) is 2.91. The molecule has 0 radical (unpaired) electrons. The number of hydrogen-bond acceptors (Lipinski definition) is 2. The molecule has 1 saturated carbocycles. The van der Waals surface area contributed by atoms with Crippen LogP contribution in [-0.2, 0) is 0 Å². The highest BCUT2D eigenvalue weighted by Crippen LogP contribution is 2.35. The second-order valence-electron chi connectivity index (χ2n) is 4.00. The number of nitrogens with one attached hydrogen (secondary N) is 1. The lowest BCUT2D eigenvalue weighted by atomic mass is 9.97. The predicted molar refractivity (Wildman–Crippen MR) is 44.3 cm³/mol. The summed E-state index contributed by atoms with van der Waals surface area (Å²) in [5.41, 5.74) is 0. The summed E-state index contributed by atoms with van der Waals surface area (Å²) >= 11 is 0. The van der Waals surface area contributed by atoms with Gasteiger partial charge in [0.05, 0.1) is 6.10 Å². The summed E-state index contributed by atoms with van der Waals surface area (Å²) < 4.78 is 0. The maximum Gasteiger partial charge on any atom is 0.0583 e. The zero-order valence-corrected chi connectivity index (χ0v) is 6.92. The molecule has 2 atom stereocenters. The van der Waals surface area contributed by atoms with Crippen molar-refractivity contribution in [2.75, 3.05) is 13.1 Å². The van der Waals surface area contributed by atoms with Crippen molar-refractivity contribution < 1.29 is 5.11 Å². The summed E-state index contributed by atoms with van der Waals surface area (Å²) in [4.78, 5) is 0. The van der Waals surface area contributed by atoms with Crippen LogP contribution >= 0.6 is 0 Å². The van der Waals surface area contributed by atoms with Crippen LogP contribution in [0.5, 0.6) is 0 Å². The predicted octanol–water partition coefficient (Wildman–Crippen LogP) is 0.757. The van der Waals surface area contributed by atoms with E-state index in [1.54, 1.807) is 0 Å². The molecular formula is C9H17NO. The molecule has 2 heteroatoms. The van der Waals surface area contributed by atoms with Crippen molar-refractivity contribution in [2.45, 2.75) is 31.8 Å². The van der Waals surface area contributed by atoms with Crippen LogP contribution in [0.4, 0.5) is 0 Å². The van der Waals surface area contributed by atoms with Crippen molar-refractivity contribution in [3.05, 3.63) is 0 Å². The molecule has 2 aliphatic rings. The van der Waals surface area contributed by atoms with E-state index in [0.29, 0.717) is 5.92 Å². The van der Waals surface area contributed by atoms with E-state index < -0.39 is 0 Å². The first-order valence-corrected chi connectivity index (χ1v) is 4.75. The van der Waals surface area contributed by atoms with Gasteiger partial charge in [0, 0.05) is 6.54 Å². The molecule has 1 aliphatic carbocycles. The Hall–Kier alpha value is -0.0800. The van der Waals surface area contributed by atoms with Crippen molar-refractivity contribution >= 4 is 0 Å². The summed E-state index contributed by atoms with van der Waals surface area (Å²) in [7, 11) is 0. The van der Waals surface area contributed by atoms with E-state index in [2.05, 4.69) is 5.32 Å². The lowest BCUT2D eigenvalue weighted by Gasteiger charge is -2.15. The van der Waals surface area contributed by atoms with Crippen LogP contribution in [0.15, 0.2) is 0 Å². The Labute approximate surface area is 68.0 Å². The molecule has 1 unspecified atom stereocenters. The second-order valence-corrected chi connectivity index (χ2v) is 4.00. The highest BCUT2D eigenvalue weighted by Gasteiger charge is 2.29. The number of aliphatic hydroxyl groups is 1. The van der Waals surface area contributed by atoms with E-state index in [1.165, 1.54) is 19.3 Å². The molecule has 1 saturated heterocycles. The van der Waals surface area contributed by atoms with E-state index in [9.17, 15) is 5.11 Å². The fourth-order valence-electron chi connectivity index (χ4n) is 1.89. The minimum atomic E-state index is -0.0162. The molecule has 0 amide bonds. The molecule has 2 rings (SSSR count). The topological polar surface area (TPSA) is 32.3 Å². The van der Waals surface area contributed by atoms with Crippen molar-refractivity contribution in [3.8, 4) is 0 Å². The third-order valence-corrected chi connectivity index (χ3v) is 2.91. The van der Waals surface area contributed by atoms with Gasteiger partial charge in [-0.1, -0.05) is 12.8 Å². The Kier molecular flexibility index (Phi) is 2.14. The maximum atomic E-state index is 9.72. The molecule has 11 heavy (non-hydrogen) atoms. The van der Waals surface area contributed by atoms with Gasteiger partial charge in [0.15, 0.2) is 0 Å². The van der Waals surface area contributed by atoms with Gasteiger partial charge in [0.25, 0.3) is 0 Å². The molecule has 0 aromatic heterocycles. The lowest BCUT2D eigenvalue weighted by Crippen LogP contribution is -2.23. The molecule has 1 aliphatic heterocycles. The van der Waals surface area contributed by atoms with Crippen LogP contribution in [0.1, 0.15) is 25.7 Å². The van der Waals surface area contributed by atoms with Gasteiger partial charge in [0.2, 0.25) is 0 Å². The molecular weight excluding hydrogens is 138 g/mol. The largest absolute Gasteiger partial charge is 0.393 e. The second kappa shape index (κ2) is 3.11. The molecule has 64 valence electrons. The van der Waals surface area contributed by atoms with Crippen molar-refractivity contribution in [1.29, 1.82) is 0 Å². The summed E-state index contributed by atoms with van der Waals surface area (Å²) in [6.45, 7) is 2.14. The van der Waals surface area contributed by atoms with E-state index >= 15 is 0 Å². The maximum absolute atomic E-state index is 9.72. The Morgan fingerprint density at radius 2 is 2.18 bits per heavy atom. The fraction of sp³-hybridized carbons (Fsp3) is 1.00. The Bertz CT molecular complexity index is 128. The van der Waals surface area contributed by atoms with Crippen LogP contribution in [0.25, 0.3) is 0 Å². The van der Waals surface area contributed by atoms with Crippen molar-refractivity contribution in [2.24, 2.45) is 11.8 Å². The highest BCUT2D eigenvalue weighted by molar-refractivity contribution is 4.83. The quantitative estimate of drug-likeness (QED) is 0.630. The number of rotatable bonds is 3. The lowest BCUT2D eigenvalue weighted by molar-refractivity contribution is 0.102. The summed E-state index contributed by atoms with van der Waals surface area (Å²) in [5.74, 6) is 1.42. The summed E-state index contributed by atoms with van der Waals surface area (Å²) in [6.07, 6.45) is 4.94.